The van der Waals surface area contributed by atoms with Crippen LogP contribution < -0.4 is 20.4 Å². The van der Waals surface area contributed by atoms with Crippen LogP contribution in [0.3, 0.4) is 0 Å². The second kappa shape index (κ2) is 12.9. The van der Waals surface area contributed by atoms with Gasteiger partial charge in [0.25, 0.3) is 0 Å². The number of nitrogens with one attached hydrogen (secondary N) is 3. The molecule has 0 spiro atoms. The standard InChI is InChI=1S/C32H38N8O4/c1-21-5-8-24(9-6-21)38(2)32(43)44-30-4-3-15-40(30)31-27(35-29(42)20-39-16-13-25(41)14-17-39)11-12-28(36-31)34-23-7-10-26-22(18-23)19-33-37-26/h5-12,18-19,25,30,41H,3-4,13-17,20H2,1-2H3,(H,33,37)(H,34,36)(H,35,42)/t30-/m0/s1. The number of fused-ring (bicyclic) bond motifs is 1. The number of aromatic amines is 1. The molecule has 12 nitrogen and oxygen atoms in total. The van der Waals surface area contributed by atoms with E-state index in [0.29, 0.717) is 56.2 Å². The van der Waals surface area contributed by atoms with E-state index in [4.69, 9.17) is 9.72 Å². The summed E-state index contributed by atoms with van der Waals surface area (Å²) in [5.74, 6) is 0.942. The molecule has 4 heterocycles. The molecule has 2 aliphatic rings. The Balaban J connectivity index is 1.23. The quantitative estimate of drug-likeness (QED) is 0.229. The molecule has 2 fully saturated rings. The normalized spacial score (nSPS) is 17.5. The van der Waals surface area contributed by atoms with Gasteiger partial charge in [0, 0.05) is 49.9 Å². The SMILES string of the molecule is Cc1ccc(N(C)C(=O)O[C@H]2CCCN2c2nc(Nc3ccc4[nH]ncc4c3)ccc2NC(=O)CN2CCC(O)CC2)cc1. The van der Waals surface area contributed by atoms with Crippen LogP contribution in [-0.2, 0) is 9.53 Å². The van der Waals surface area contributed by atoms with Crippen molar-refractivity contribution >= 4 is 51.6 Å². The number of nitrogens with zero attached hydrogens (tertiary/aromatic N) is 5. The number of pyridine rings is 1. The summed E-state index contributed by atoms with van der Waals surface area (Å²) in [7, 11) is 1.69. The first-order chi connectivity index (χ1) is 21.3. The molecule has 0 aliphatic carbocycles. The number of anilines is 5. The first-order valence-electron chi connectivity index (χ1n) is 15.0. The summed E-state index contributed by atoms with van der Waals surface area (Å²) < 4.78 is 6.01. The molecule has 2 aliphatic heterocycles. The number of likely N-dealkylation sites (tertiary alicyclic amines) is 1. The van der Waals surface area contributed by atoms with Gasteiger partial charge in [-0.05, 0) is 68.7 Å². The van der Waals surface area contributed by atoms with Gasteiger partial charge in [0.05, 0.1) is 30.0 Å². The van der Waals surface area contributed by atoms with E-state index in [1.54, 1.807) is 13.2 Å². The minimum atomic E-state index is -0.556. The van der Waals surface area contributed by atoms with Crippen molar-refractivity contribution in [3.05, 3.63) is 66.4 Å². The first-order valence-corrected chi connectivity index (χ1v) is 15.0. The molecule has 0 bridgehead atoms. The molecule has 4 aromatic rings. The van der Waals surface area contributed by atoms with Crippen molar-refractivity contribution < 1.29 is 19.4 Å². The van der Waals surface area contributed by atoms with Crippen LogP contribution in [0.4, 0.5) is 33.5 Å². The Kier molecular flexibility index (Phi) is 8.62. The Morgan fingerprint density at radius 3 is 2.66 bits per heavy atom. The van der Waals surface area contributed by atoms with Gasteiger partial charge in [-0.1, -0.05) is 17.7 Å². The number of benzene rings is 2. The van der Waals surface area contributed by atoms with Crippen LogP contribution in [0.25, 0.3) is 10.9 Å². The Morgan fingerprint density at radius 1 is 1.07 bits per heavy atom. The molecule has 0 saturated carbocycles. The number of amides is 2. The van der Waals surface area contributed by atoms with Gasteiger partial charge in [0.15, 0.2) is 12.0 Å². The number of aromatic nitrogens is 3. The van der Waals surface area contributed by atoms with Crippen LogP contribution in [0, 0.1) is 6.92 Å². The Labute approximate surface area is 256 Å². The zero-order valence-electron chi connectivity index (χ0n) is 25.0. The highest BCUT2D eigenvalue weighted by molar-refractivity contribution is 5.95. The minimum Gasteiger partial charge on any atom is -0.425 e. The first kappa shape index (κ1) is 29.4. The van der Waals surface area contributed by atoms with E-state index >= 15 is 0 Å². The zero-order chi connectivity index (χ0) is 30.6. The lowest BCUT2D eigenvalue weighted by molar-refractivity contribution is -0.117. The van der Waals surface area contributed by atoms with Crippen LogP contribution in [-0.4, -0.2) is 82.7 Å². The minimum absolute atomic E-state index is 0.164. The van der Waals surface area contributed by atoms with E-state index in [2.05, 4.69) is 20.8 Å². The molecular weight excluding hydrogens is 560 g/mol. The maximum atomic E-state index is 13.2. The Bertz CT molecular complexity index is 1620. The fraction of sp³-hybridized carbons (Fsp3) is 0.375. The molecule has 2 aromatic carbocycles. The zero-order valence-corrected chi connectivity index (χ0v) is 25.0. The maximum absolute atomic E-state index is 13.2. The third-order valence-corrected chi connectivity index (χ3v) is 8.19. The summed E-state index contributed by atoms with van der Waals surface area (Å²) >= 11 is 0. The number of carbonyl (C=O) groups is 2. The fourth-order valence-corrected chi connectivity index (χ4v) is 5.64. The summed E-state index contributed by atoms with van der Waals surface area (Å²) in [4.78, 5) is 36.8. The Hall–Kier alpha value is -4.68. The number of hydrogen-bond acceptors (Lipinski definition) is 9. The topological polar surface area (TPSA) is 139 Å². The van der Waals surface area contributed by atoms with Crippen LogP contribution in [0.5, 0.6) is 0 Å². The van der Waals surface area contributed by atoms with Crippen molar-refractivity contribution in [2.24, 2.45) is 0 Å². The van der Waals surface area contributed by atoms with E-state index in [0.717, 1.165) is 34.3 Å². The van der Waals surface area contributed by atoms with Gasteiger partial charge in [-0.25, -0.2) is 9.78 Å². The number of rotatable bonds is 8. The number of carbonyl (C=O) groups excluding carboxylic acids is 2. The van der Waals surface area contributed by atoms with Crippen molar-refractivity contribution in [1.29, 1.82) is 0 Å². The lowest BCUT2D eigenvalue weighted by atomic mass is 10.1. The number of aliphatic hydroxyl groups is 1. The van der Waals surface area contributed by atoms with Gasteiger partial charge < -0.3 is 25.4 Å². The maximum Gasteiger partial charge on any atom is 0.415 e. The smallest absolute Gasteiger partial charge is 0.415 e. The molecule has 230 valence electrons. The molecule has 44 heavy (non-hydrogen) atoms. The van der Waals surface area contributed by atoms with Gasteiger partial charge in [0.2, 0.25) is 5.91 Å². The monoisotopic (exact) mass is 598 g/mol. The predicted molar refractivity (Wildman–Crippen MR) is 170 cm³/mol. The van der Waals surface area contributed by atoms with Crippen molar-refractivity contribution in [3.63, 3.8) is 0 Å². The molecule has 6 rings (SSSR count). The third-order valence-electron chi connectivity index (χ3n) is 8.19. The van der Waals surface area contributed by atoms with Crippen molar-refractivity contribution in [2.45, 2.75) is 44.9 Å². The molecule has 12 heteroatoms. The van der Waals surface area contributed by atoms with Crippen molar-refractivity contribution in [3.8, 4) is 0 Å². The van der Waals surface area contributed by atoms with Gasteiger partial charge in [-0.2, -0.15) is 5.10 Å². The van der Waals surface area contributed by atoms with E-state index in [-0.39, 0.29) is 18.6 Å². The van der Waals surface area contributed by atoms with Gasteiger partial charge in [-0.3, -0.25) is 19.7 Å². The van der Waals surface area contributed by atoms with Crippen molar-refractivity contribution in [1.82, 2.24) is 20.1 Å². The van der Waals surface area contributed by atoms with Gasteiger partial charge in [0.1, 0.15) is 5.82 Å². The van der Waals surface area contributed by atoms with Gasteiger partial charge in [-0.15, -0.1) is 0 Å². The van der Waals surface area contributed by atoms with E-state index in [9.17, 15) is 14.7 Å². The number of aryl methyl sites for hydroxylation is 1. The number of H-pyrrole nitrogens is 1. The summed E-state index contributed by atoms with van der Waals surface area (Å²) in [6, 6.07) is 17.2. The second-order valence-corrected chi connectivity index (χ2v) is 11.5. The highest BCUT2D eigenvalue weighted by atomic mass is 16.6. The molecule has 2 aromatic heterocycles. The van der Waals surface area contributed by atoms with Crippen molar-refractivity contribution in [2.75, 3.05) is 53.7 Å². The summed E-state index contributed by atoms with van der Waals surface area (Å²) in [6.07, 6.45) is 3.17. The highest BCUT2D eigenvalue weighted by Gasteiger charge is 2.32. The molecule has 0 unspecified atom stereocenters. The lowest BCUT2D eigenvalue weighted by Gasteiger charge is -2.30. The second-order valence-electron chi connectivity index (χ2n) is 11.5. The third kappa shape index (κ3) is 6.76. The van der Waals surface area contributed by atoms with Crippen LogP contribution in [0.15, 0.2) is 60.8 Å². The number of ether oxygens (including phenoxy) is 1. The fourth-order valence-electron chi connectivity index (χ4n) is 5.64. The van der Waals surface area contributed by atoms with Gasteiger partial charge >= 0.3 is 6.09 Å². The molecule has 2 amide bonds. The average molecular weight is 599 g/mol. The van der Waals surface area contributed by atoms with Crippen LogP contribution in [0.1, 0.15) is 31.2 Å². The summed E-state index contributed by atoms with van der Waals surface area (Å²) in [5.41, 5.74) is 4.16. The highest BCUT2D eigenvalue weighted by Crippen LogP contribution is 2.34. The molecule has 4 N–H and O–H groups in total. The summed E-state index contributed by atoms with van der Waals surface area (Å²) in [5, 5.41) is 24.3. The van der Waals surface area contributed by atoms with Crippen LogP contribution in [0.2, 0.25) is 0 Å². The van der Waals surface area contributed by atoms with E-state index in [1.165, 1.54) is 4.90 Å². The molecular formula is C32H38N8O4. The lowest BCUT2D eigenvalue weighted by Crippen LogP contribution is -2.41. The molecule has 1 atom stereocenters. The average Bonchev–Trinajstić information content (AvgIpc) is 3.68. The van der Waals surface area contributed by atoms with E-state index < -0.39 is 12.3 Å². The molecule has 0 radical (unpaired) electrons. The largest absolute Gasteiger partial charge is 0.425 e. The summed E-state index contributed by atoms with van der Waals surface area (Å²) in [6.45, 7) is 4.16. The number of piperidine rings is 1. The predicted octanol–water partition coefficient (Wildman–Crippen LogP) is 4.60. The van der Waals surface area contributed by atoms with E-state index in [1.807, 2.05) is 71.3 Å². The molecule has 2 saturated heterocycles. The number of hydrogen-bond donors (Lipinski definition) is 4. The van der Waals surface area contributed by atoms with Crippen LogP contribution >= 0.6 is 0 Å². The Morgan fingerprint density at radius 2 is 1.86 bits per heavy atom. The number of aliphatic hydroxyl groups excluding tert-OH is 1.